The van der Waals surface area contributed by atoms with Gasteiger partial charge in [-0.1, -0.05) is 17.7 Å². The van der Waals surface area contributed by atoms with E-state index < -0.39 is 0 Å². The number of benzene rings is 1. The lowest BCUT2D eigenvalue weighted by atomic mass is 10.2. The summed E-state index contributed by atoms with van der Waals surface area (Å²) in [5.74, 6) is 0.793. The number of ether oxygens (including phenoxy) is 1. The van der Waals surface area contributed by atoms with Crippen LogP contribution >= 0.6 is 11.6 Å². The zero-order valence-corrected chi connectivity index (χ0v) is 14.0. The van der Waals surface area contributed by atoms with Gasteiger partial charge in [-0.05, 0) is 39.8 Å². The summed E-state index contributed by atoms with van der Waals surface area (Å²) in [6.45, 7) is 8.94. The van der Waals surface area contributed by atoms with E-state index in [2.05, 4.69) is 31.2 Å². The summed E-state index contributed by atoms with van der Waals surface area (Å²) in [7, 11) is 1.66. The van der Waals surface area contributed by atoms with Crippen LogP contribution < -0.4 is 10.1 Å². The topological polar surface area (TPSA) is 39.1 Å². The molecule has 2 rings (SSSR count). The molecule has 1 aromatic carbocycles. The predicted octanol–water partition coefficient (Wildman–Crippen LogP) is 4.35. The Labute approximate surface area is 131 Å². The number of hydrogen-bond acceptors (Lipinski definition) is 3. The summed E-state index contributed by atoms with van der Waals surface area (Å²) in [4.78, 5) is 0. The molecule has 2 aromatic rings. The molecule has 5 heteroatoms. The van der Waals surface area contributed by atoms with Crippen molar-refractivity contribution in [1.29, 1.82) is 0 Å². The summed E-state index contributed by atoms with van der Waals surface area (Å²) in [6, 6.07) is 6.02. The quantitative estimate of drug-likeness (QED) is 0.892. The van der Waals surface area contributed by atoms with Crippen LogP contribution in [0.3, 0.4) is 0 Å². The largest absolute Gasteiger partial charge is 0.496 e. The maximum absolute atomic E-state index is 6.27. The lowest BCUT2D eigenvalue weighted by molar-refractivity contribution is 0.410. The first kappa shape index (κ1) is 15.7. The Morgan fingerprint density at radius 2 is 2.05 bits per heavy atom. The molecule has 0 saturated heterocycles. The second-order valence-electron chi connectivity index (χ2n) is 5.36. The number of halogens is 1. The van der Waals surface area contributed by atoms with E-state index in [9.17, 15) is 0 Å². The normalized spacial score (nSPS) is 11.0. The summed E-state index contributed by atoms with van der Waals surface area (Å²) in [5, 5.41) is 8.72. The van der Waals surface area contributed by atoms with Crippen molar-refractivity contribution in [2.75, 3.05) is 12.4 Å². The van der Waals surface area contributed by atoms with Crippen molar-refractivity contribution >= 4 is 17.3 Å². The Balaban J connectivity index is 2.25. The Kier molecular flexibility index (Phi) is 4.78. The molecule has 114 valence electrons. The van der Waals surface area contributed by atoms with E-state index in [1.165, 1.54) is 0 Å². The van der Waals surface area contributed by atoms with Crippen LogP contribution in [-0.4, -0.2) is 16.9 Å². The smallest absolute Gasteiger partial charge is 0.125 e. The minimum absolute atomic E-state index is 0.342. The molecule has 1 heterocycles. The van der Waals surface area contributed by atoms with Gasteiger partial charge in [0.05, 0.1) is 24.2 Å². The van der Waals surface area contributed by atoms with Crippen molar-refractivity contribution in [1.82, 2.24) is 9.78 Å². The monoisotopic (exact) mass is 307 g/mol. The van der Waals surface area contributed by atoms with Gasteiger partial charge in [0.2, 0.25) is 0 Å². The fourth-order valence-electron chi connectivity index (χ4n) is 2.50. The fraction of sp³-hybridized carbons (Fsp3) is 0.438. The zero-order valence-electron chi connectivity index (χ0n) is 13.2. The van der Waals surface area contributed by atoms with Gasteiger partial charge in [0, 0.05) is 23.2 Å². The maximum Gasteiger partial charge on any atom is 0.125 e. The van der Waals surface area contributed by atoms with Crippen LogP contribution in [0.4, 0.5) is 5.69 Å². The number of methoxy groups -OCH3 is 1. The van der Waals surface area contributed by atoms with Crippen LogP contribution in [0.1, 0.15) is 36.8 Å². The summed E-state index contributed by atoms with van der Waals surface area (Å²) in [6.07, 6.45) is 0. The molecule has 1 N–H and O–H groups in total. The van der Waals surface area contributed by atoms with Crippen LogP contribution in [-0.2, 0) is 6.54 Å². The average molecular weight is 308 g/mol. The van der Waals surface area contributed by atoms with Gasteiger partial charge in [0.25, 0.3) is 0 Å². The summed E-state index contributed by atoms with van der Waals surface area (Å²) < 4.78 is 7.40. The van der Waals surface area contributed by atoms with Crippen LogP contribution in [0.2, 0.25) is 5.02 Å². The molecule has 0 unspecified atom stereocenters. The third-order valence-corrected chi connectivity index (χ3v) is 3.91. The fourth-order valence-corrected chi connectivity index (χ4v) is 2.73. The number of nitrogens with zero attached hydrogens (tertiary/aromatic N) is 2. The molecular weight excluding hydrogens is 286 g/mol. The van der Waals surface area contributed by atoms with Crippen molar-refractivity contribution in [2.45, 2.75) is 40.3 Å². The molecule has 0 radical (unpaired) electrons. The van der Waals surface area contributed by atoms with E-state index in [1.54, 1.807) is 7.11 Å². The first-order valence-corrected chi connectivity index (χ1v) is 7.44. The molecule has 0 aliphatic rings. The number of nitrogens with one attached hydrogen (secondary N) is 1. The van der Waals surface area contributed by atoms with Crippen molar-refractivity contribution < 1.29 is 4.74 Å². The van der Waals surface area contributed by atoms with Gasteiger partial charge < -0.3 is 10.1 Å². The first-order valence-electron chi connectivity index (χ1n) is 7.06. The highest BCUT2D eigenvalue weighted by Gasteiger charge is 2.14. The lowest BCUT2D eigenvalue weighted by Crippen LogP contribution is -2.06. The Morgan fingerprint density at radius 3 is 2.62 bits per heavy atom. The van der Waals surface area contributed by atoms with Gasteiger partial charge in [-0.2, -0.15) is 5.10 Å². The van der Waals surface area contributed by atoms with Gasteiger partial charge in [-0.3, -0.25) is 4.68 Å². The number of rotatable bonds is 5. The molecule has 0 amide bonds. The standard InChI is InChI=1S/C16H22ClN3O/c1-10(2)20-12(4)16(11(3)19-20)18-9-13-14(17)7-6-8-15(13)21-5/h6-8,10,18H,9H2,1-5H3. The Bertz CT molecular complexity index is 635. The molecule has 0 aliphatic heterocycles. The summed E-state index contributed by atoms with van der Waals surface area (Å²) in [5.41, 5.74) is 4.14. The van der Waals surface area contributed by atoms with Crippen LogP contribution in [0, 0.1) is 13.8 Å². The third kappa shape index (κ3) is 3.16. The highest BCUT2D eigenvalue weighted by Crippen LogP contribution is 2.29. The lowest BCUT2D eigenvalue weighted by Gasteiger charge is -2.13. The average Bonchev–Trinajstić information content (AvgIpc) is 2.73. The predicted molar refractivity (Wildman–Crippen MR) is 87.4 cm³/mol. The Hall–Kier alpha value is -1.68. The highest BCUT2D eigenvalue weighted by atomic mass is 35.5. The van der Waals surface area contributed by atoms with Crippen molar-refractivity contribution in [2.24, 2.45) is 0 Å². The molecule has 0 aliphatic carbocycles. The van der Waals surface area contributed by atoms with Gasteiger partial charge in [0.15, 0.2) is 0 Å². The minimum Gasteiger partial charge on any atom is -0.496 e. The first-order chi connectivity index (χ1) is 9.95. The van der Waals surface area contributed by atoms with Crippen molar-refractivity contribution in [3.63, 3.8) is 0 Å². The number of aryl methyl sites for hydroxylation is 1. The van der Waals surface area contributed by atoms with E-state index in [0.717, 1.165) is 28.4 Å². The SMILES string of the molecule is COc1cccc(Cl)c1CNc1c(C)nn(C(C)C)c1C. The van der Waals surface area contributed by atoms with Gasteiger partial charge in [0.1, 0.15) is 5.75 Å². The van der Waals surface area contributed by atoms with Gasteiger partial charge in [-0.15, -0.1) is 0 Å². The van der Waals surface area contributed by atoms with Crippen LogP contribution in [0.5, 0.6) is 5.75 Å². The molecule has 21 heavy (non-hydrogen) atoms. The molecule has 0 fully saturated rings. The molecule has 0 spiro atoms. The second kappa shape index (κ2) is 6.39. The maximum atomic E-state index is 6.27. The minimum atomic E-state index is 0.342. The number of hydrogen-bond donors (Lipinski definition) is 1. The zero-order chi connectivity index (χ0) is 15.6. The van der Waals surface area contributed by atoms with Gasteiger partial charge >= 0.3 is 0 Å². The van der Waals surface area contributed by atoms with E-state index in [-0.39, 0.29) is 0 Å². The van der Waals surface area contributed by atoms with E-state index in [4.69, 9.17) is 16.3 Å². The van der Waals surface area contributed by atoms with E-state index in [0.29, 0.717) is 17.6 Å². The molecule has 4 nitrogen and oxygen atoms in total. The van der Waals surface area contributed by atoms with Crippen LogP contribution in [0.25, 0.3) is 0 Å². The van der Waals surface area contributed by atoms with Gasteiger partial charge in [-0.25, -0.2) is 0 Å². The number of anilines is 1. The van der Waals surface area contributed by atoms with Crippen LogP contribution in [0.15, 0.2) is 18.2 Å². The molecule has 0 atom stereocenters. The molecule has 1 aromatic heterocycles. The third-order valence-electron chi connectivity index (χ3n) is 3.55. The van der Waals surface area contributed by atoms with Crippen molar-refractivity contribution in [3.05, 3.63) is 40.2 Å². The van der Waals surface area contributed by atoms with Crippen molar-refractivity contribution in [3.8, 4) is 5.75 Å². The Morgan fingerprint density at radius 1 is 1.33 bits per heavy atom. The summed E-state index contributed by atoms with van der Waals surface area (Å²) >= 11 is 6.27. The molecule has 0 saturated carbocycles. The molecule has 0 bridgehead atoms. The van der Waals surface area contributed by atoms with E-state index in [1.807, 2.05) is 29.8 Å². The number of aromatic nitrogens is 2. The molecular formula is C16H22ClN3O. The van der Waals surface area contributed by atoms with E-state index >= 15 is 0 Å². The second-order valence-corrected chi connectivity index (χ2v) is 5.77. The highest BCUT2D eigenvalue weighted by molar-refractivity contribution is 6.31.